The molecule has 1 heterocycles. The topological polar surface area (TPSA) is 30.8 Å². The average Bonchev–Trinajstić information content (AvgIpc) is 2.77. The lowest BCUT2D eigenvalue weighted by Gasteiger charge is -2.19. The molecule has 1 aliphatic heterocycles. The predicted octanol–water partition coefficient (Wildman–Crippen LogP) is 5.64. The zero-order valence-corrected chi connectivity index (χ0v) is 16.9. The van der Waals surface area contributed by atoms with Crippen molar-refractivity contribution < 1.29 is 9.47 Å². The Morgan fingerprint density at radius 3 is 2.52 bits per heavy atom. The third-order valence-corrected chi connectivity index (χ3v) is 5.18. The van der Waals surface area contributed by atoms with E-state index in [0.717, 1.165) is 41.3 Å². The van der Waals surface area contributed by atoms with Gasteiger partial charge in [-0.25, -0.2) is 0 Å². The summed E-state index contributed by atoms with van der Waals surface area (Å²) in [5.74, 6) is 1.51. The minimum atomic E-state index is 0.518. The molecule has 0 atom stereocenters. The van der Waals surface area contributed by atoms with Crippen LogP contribution >= 0.6 is 0 Å². The van der Waals surface area contributed by atoms with Crippen LogP contribution in [0.5, 0.6) is 11.5 Å². The molecule has 0 amide bonds. The number of fused-ring (bicyclic) bond motifs is 1. The van der Waals surface area contributed by atoms with Gasteiger partial charge in [0, 0.05) is 12.1 Å². The first kappa shape index (κ1) is 19.0. The van der Waals surface area contributed by atoms with Crippen molar-refractivity contribution in [3.05, 3.63) is 101 Å². The zero-order chi connectivity index (χ0) is 20.1. The van der Waals surface area contributed by atoms with E-state index in [1.807, 2.05) is 18.2 Å². The smallest absolute Gasteiger partial charge is 0.161 e. The van der Waals surface area contributed by atoms with Crippen molar-refractivity contribution in [3.8, 4) is 11.5 Å². The molecule has 3 aromatic rings. The maximum absolute atomic E-state index is 6.08. The molecular weight excluding hydrogens is 358 g/mol. The summed E-state index contributed by atoms with van der Waals surface area (Å²) in [6.07, 6.45) is 5.14. The molecule has 0 spiro atoms. The number of allylic oxidation sites excluding steroid dienone is 1. The molecule has 0 radical (unpaired) electrons. The van der Waals surface area contributed by atoms with Gasteiger partial charge in [0.15, 0.2) is 11.5 Å². The summed E-state index contributed by atoms with van der Waals surface area (Å²) in [4.78, 5) is 4.75. The minimum Gasteiger partial charge on any atom is -0.493 e. The average molecular weight is 383 g/mol. The Morgan fingerprint density at radius 1 is 0.931 bits per heavy atom. The molecule has 0 saturated heterocycles. The third kappa shape index (κ3) is 4.40. The molecule has 1 aliphatic rings. The number of rotatable bonds is 6. The Morgan fingerprint density at radius 2 is 1.72 bits per heavy atom. The minimum absolute atomic E-state index is 0.518. The van der Waals surface area contributed by atoms with Crippen LogP contribution in [0, 0.1) is 6.92 Å². The molecule has 0 bridgehead atoms. The summed E-state index contributed by atoms with van der Waals surface area (Å²) in [6.45, 7) is 3.42. The van der Waals surface area contributed by atoms with Crippen LogP contribution in [0.25, 0.3) is 6.08 Å². The van der Waals surface area contributed by atoms with Crippen molar-refractivity contribution >= 4 is 11.8 Å². The number of ether oxygens (including phenoxy) is 2. The van der Waals surface area contributed by atoms with Crippen LogP contribution in [0.15, 0.2) is 77.8 Å². The summed E-state index contributed by atoms with van der Waals surface area (Å²) in [6, 6.07) is 22.7. The van der Waals surface area contributed by atoms with Gasteiger partial charge in [-0.1, -0.05) is 60.7 Å². The van der Waals surface area contributed by atoms with Crippen molar-refractivity contribution in [3.63, 3.8) is 0 Å². The van der Waals surface area contributed by atoms with Crippen molar-refractivity contribution in [1.29, 1.82) is 0 Å². The van der Waals surface area contributed by atoms with Gasteiger partial charge in [0.25, 0.3) is 0 Å². The van der Waals surface area contributed by atoms with Gasteiger partial charge in [-0.15, -0.1) is 0 Å². The Hall–Kier alpha value is -3.33. The fourth-order valence-electron chi connectivity index (χ4n) is 3.52. The first-order valence-corrected chi connectivity index (χ1v) is 9.91. The van der Waals surface area contributed by atoms with Crippen molar-refractivity contribution in [2.24, 2.45) is 4.99 Å². The molecule has 0 saturated carbocycles. The van der Waals surface area contributed by atoms with Crippen molar-refractivity contribution in [1.82, 2.24) is 0 Å². The predicted molar refractivity (Wildman–Crippen MR) is 119 cm³/mol. The zero-order valence-electron chi connectivity index (χ0n) is 16.9. The Balaban J connectivity index is 1.60. The van der Waals surface area contributed by atoms with E-state index in [0.29, 0.717) is 6.61 Å². The number of aliphatic imine (C=N–C) groups is 1. The summed E-state index contributed by atoms with van der Waals surface area (Å²) in [7, 11) is 1.68. The lowest BCUT2D eigenvalue weighted by Crippen LogP contribution is -2.12. The molecule has 3 heteroatoms. The van der Waals surface area contributed by atoms with Gasteiger partial charge in [0.1, 0.15) is 6.61 Å². The molecule has 29 heavy (non-hydrogen) atoms. The number of aryl methyl sites for hydroxylation is 1. The summed E-state index contributed by atoms with van der Waals surface area (Å²) in [5, 5.41) is 0. The SMILES string of the molecule is COc1cc2c(cc1OCc1ccccc1)CCN=C2/C=C/c1ccccc1C. The van der Waals surface area contributed by atoms with Crippen molar-refractivity contribution in [2.45, 2.75) is 20.0 Å². The van der Waals surface area contributed by atoms with Gasteiger partial charge in [-0.3, -0.25) is 4.99 Å². The molecule has 4 rings (SSSR count). The van der Waals surface area contributed by atoms with Crippen LogP contribution in [0.3, 0.4) is 0 Å². The number of benzene rings is 3. The lowest BCUT2D eigenvalue weighted by molar-refractivity contribution is 0.284. The molecular formula is C26H25NO2. The summed E-state index contributed by atoms with van der Waals surface area (Å²) >= 11 is 0. The van der Waals surface area contributed by atoms with Gasteiger partial charge < -0.3 is 9.47 Å². The van der Waals surface area contributed by atoms with Gasteiger partial charge in [0.05, 0.1) is 12.8 Å². The van der Waals surface area contributed by atoms with E-state index in [4.69, 9.17) is 14.5 Å². The third-order valence-electron chi connectivity index (χ3n) is 5.18. The van der Waals surface area contributed by atoms with E-state index in [1.165, 1.54) is 16.7 Å². The highest BCUT2D eigenvalue weighted by atomic mass is 16.5. The quantitative estimate of drug-likeness (QED) is 0.551. The number of nitrogens with zero attached hydrogens (tertiary/aromatic N) is 1. The molecule has 0 fully saturated rings. The number of methoxy groups -OCH3 is 1. The second-order valence-electron chi connectivity index (χ2n) is 7.14. The number of hydrogen-bond acceptors (Lipinski definition) is 3. The standard InChI is InChI=1S/C26H25NO2/c1-19-8-6-7-11-21(19)12-13-24-23-17-25(28-2)26(16-22(23)14-15-27-24)29-18-20-9-4-3-5-10-20/h3-13,16-17H,14-15,18H2,1-2H3/b13-12+. The number of hydrogen-bond donors (Lipinski definition) is 0. The van der Waals surface area contributed by atoms with Gasteiger partial charge in [-0.05, 0) is 53.8 Å². The van der Waals surface area contributed by atoms with Crippen LogP contribution < -0.4 is 9.47 Å². The molecule has 0 aromatic heterocycles. The monoisotopic (exact) mass is 383 g/mol. The first-order valence-electron chi connectivity index (χ1n) is 9.91. The van der Waals surface area contributed by atoms with E-state index in [2.05, 4.69) is 67.6 Å². The normalized spacial score (nSPS) is 13.1. The molecule has 0 aliphatic carbocycles. The van der Waals surface area contributed by atoms with Crippen LogP contribution in [0.1, 0.15) is 27.8 Å². The van der Waals surface area contributed by atoms with E-state index >= 15 is 0 Å². The Bertz CT molecular complexity index is 1050. The molecule has 0 unspecified atom stereocenters. The van der Waals surface area contributed by atoms with Crippen molar-refractivity contribution in [2.75, 3.05) is 13.7 Å². The Labute approximate surface area is 172 Å². The fraction of sp³-hybridized carbons (Fsp3) is 0.192. The Kier molecular flexibility index (Phi) is 5.76. The molecule has 146 valence electrons. The van der Waals surface area contributed by atoms with E-state index in [1.54, 1.807) is 7.11 Å². The fourth-order valence-corrected chi connectivity index (χ4v) is 3.52. The highest BCUT2D eigenvalue weighted by Crippen LogP contribution is 2.33. The first-order chi connectivity index (χ1) is 14.2. The highest BCUT2D eigenvalue weighted by molar-refractivity contribution is 6.12. The van der Waals surface area contributed by atoms with Crippen LogP contribution in [-0.4, -0.2) is 19.4 Å². The van der Waals surface area contributed by atoms with Gasteiger partial charge >= 0.3 is 0 Å². The van der Waals surface area contributed by atoms with Gasteiger partial charge in [0.2, 0.25) is 0 Å². The molecule has 0 N–H and O–H groups in total. The summed E-state index contributed by atoms with van der Waals surface area (Å²) in [5.41, 5.74) is 6.94. The van der Waals surface area contributed by atoms with Crippen LogP contribution in [0.4, 0.5) is 0 Å². The van der Waals surface area contributed by atoms with E-state index in [9.17, 15) is 0 Å². The van der Waals surface area contributed by atoms with Crippen LogP contribution in [0.2, 0.25) is 0 Å². The van der Waals surface area contributed by atoms with Crippen LogP contribution in [-0.2, 0) is 13.0 Å². The largest absolute Gasteiger partial charge is 0.493 e. The molecule has 3 aromatic carbocycles. The maximum Gasteiger partial charge on any atom is 0.161 e. The second kappa shape index (κ2) is 8.78. The summed E-state index contributed by atoms with van der Waals surface area (Å²) < 4.78 is 11.7. The second-order valence-corrected chi connectivity index (χ2v) is 7.14. The van der Waals surface area contributed by atoms with Gasteiger partial charge in [-0.2, -0.15) is 0 Å². The maximum atomic E-state index is 6.08. The molecule has 3 nitrogen and oxygen atoms in total. The highest BCUT2D eigenvalue weighted by Gasteiger charge is 2.17. The van der Waals surface area contributed by atoms with E-state index in [-0.39, 0.29) is 0 Å². The lowest BCUT2D eigenvalue weighted by atomic mass is 9.95. The van der Waals surface area contributed by atoms with E-state index < -0.39 is 0 Å².